The van der Waals surface area contributed by atoms with Crippen LogP contribution in [0.25, 0.3) is 0 Å². The number of methoxy groups -OCH3 is 1. The summed E-state index contributed by atoms with van der Waals surface area (Å²) in [5, 5.41) is 2.52. The van der Waals surface area contributed by atoms with Gasteiger partial charge in [-0.1, -0.05) is 0 Å². The third-order valence-corrected chi connectivity index (χ3v) is 2.71. The quantitative estimate of drug-likeness (QED) is 0.387. The highest BCUT2D eigenvalue weighted by Crippen LogP contribution is 2.01. The smallest absolute Gasteiger partial charge is 0.328 e. The van der Waals surface area contributed by atoms with E-state index in [1.54, 1.807) is 6.20 Å². The first kappa shape index (κ1) is 14.5. The number of nitrogens with one attached hydrogen (secondary N) is 2. The Morgan fingerprint density at radius 3 is 2.89 bits per heavy atom. The molecule has 4 N–H and O–H groups in total. The number of aromatic amines is 1. The zero-order valence-corrected chi connectivity index (χ0v) is 10.8. The van der Waals surface area contributed by atoms with Crippen LogP contribution in [0.4, 0.5) is 0 Å². The van der Waals surface area contributed by atoms with Crippen LogP contribution in [0.2, 0.25) is 0 Å². The molecule has 0 aromatic carbocycles. The number of nitrogens with zero attached hydrogens (tertiary/aromatic N) is 1. The normalized spacial score (nSPS) is 13.7. The molecule has 0 fully saturated rings. The van der Waals surface area contributed by atoms with Crippen LogP contribution in [-0.2, 0) is 20.7 Å². The van der Waals surface area contributed by atoms with Crippen molar-refractivity contribution in [1.29, 1.82) is 0 Å². The Kier molecular flexibility index (Phi) is 5.66. The van der Waals surface area contributed by atoms with Crippen LogP contribution < -0.4 is 11.1 Å². The fourth-order valence-corrected chi connectivity index (χ4v) is 1.48. The van der Waals surface area contributed by atoms with Gasteiger partial charge in [0.25, 0.3) is 0 Å². The lowest BCUT2D eigenvalue weighted by Crippen LogP contribution is -2.50. The van der Waals surface area contributed by atoms with Gasteiger partial charge < -0.3 is 20.8 Å². The SMILES string of the molecule is COC(=O)[C@@H](Cc1cnc[nH]1)NC(=O)[C@@H](N)CS. The molecular formula is C10H16N4O3S. The van der Waals surface area contributed by atoms with E-state index in [1.807, 2.05) is 0 Å². The average molecular weight is 272 g/mol. The number of aromatic nitrogens is 2. The van der Waals surface area contributed by atoms with Gasteiger partial charge in [0.2, 0.25) is 5.91 Å². The third kappa shape index (κ3) is 4.04. The van der Waals surface area contributed by atoms with Gasteiger partial charge in [0.1, 0.15) is 6.04 Å². The molecule has 0 saturated carbocycles. The number of rotatable bonds is 6. The summed E-state index contributed by atoms with van der Waals surface area (Å²) in [5.74, 6) is -0.784. The molecule has 0 spiro atoms. The first-order valence-electron chi connectivity index (χ1n) is 5.30. The predicted octanol–water partition coefficient (Wildman–Crippen LogP) is -1.13. The summed E-state index contributed by atoms with van der Waals surface area (Å²) < 4.78 is 4.63. The lowest BCUT2D eigenvalue weighted by atomic mass is 10.1. The number of thiol groups is 1. The number of ether oxygens (including phenoxy) is 1. The van der Waals surface area contributed by atoms with Crippen molar-refractivity contribution in [3.63, 3.8) is 0 Å². The van der Waals surface area contributed by atoms with E-state index in [0.29, 0.717) is 5.69 Å². The van der Waals surface area contributed by atoms with Crippen LogP contribution in [0.5, 0.6) is 0 Å². The minimum Gasteiger partial charge on any atom is -0.467 e. The Morgan fingerprint density at radius 2 is 2.39 bits per heavy atom. The van der Waals surface area contributed by atoms with Gasteiger partial charge in [-0.3, -0.25) is 4.79 Å². The van der Waals surface area contributed by atoms with Crippen LogP contribution in [-0.4, -0.2) is 46.8 Å². The van der Waals surface area contributed by atoms with Crippen LogP contribution in [0.3, 0.4) is 0 Å². The maximum absolute atomic E-state index is 11.6. The fraction of sp³-hybridized carbons (Fsp3) is 0.500. The second-order valence-electron chi connectivity index (χ2n) is 3.65. The number of amides is 1. The molecule has 1 rings (SSSR count). The highest BCUT2D eigenvalue weighted by Gasteiger charge is 2.24. The van der Waals surface area contributed by atoms with Gasteiger partial charge in [-0.15, -0.1) is 0 Å². The molecule has 0 unspecified atom stereocenters. The number of carbonyl (C=O) groups excluding carboxylic acids is 2. The van der Waals surface area contributed by atoms with Crippen LogP contribution in [0.15, 0.2) is 12.5 Å². The van der Waals surface area contributed by atoms with Crippen molar-refractivity contribution in [3.8, 4) is 0 Å². The number of nitrogens with two attached hydrogens (primary N) is 1. The van der Waals surface area contributed by atoms with E-state index >= 15 is 0 Å². The Morgan fingerprint density at radius 1 is 1.67 bits per heavy atom. The molecule has 2 atom stereocenters. The first-order valence-corrected chi connectivity index (χ1v) is 5.93. The zero-order chi connectivity index (χ0) is 13.5. The number of H-pyrrole nitrogens is 1. The number of hydrogen-bond donors (Lipinski definition) is 4. The van der Waals surface area contributed by atoms with Gasteiger partial charge in [-0.2, -0.15) is 12.6 Å². The van der Waals surface area contributed by atoms with E-state index in [4.69, 9.17) is 5.73 Å². The molecule has 18 heavy (non-hydrogen) atoms. The monoisotopic (exact) mass is 272 g/mol. The van der Waals surface area contributed by atoms with Crippen molar-refractivity contribution in [2.45, 2.75) is 18.5 Å². The molecule has 0 radical (unpaired) electrons. The number of carbonyl (C=O) groups is 2. The van der Waals surface area contributed by atoms with Gasteiger partial charge in [-0.25, -0.2) is 9.78 Å². The minimum absolute atomic E-state index is 0.198. The molecule has 8 heteroatoms. The van der Waals surface area contributed by atoms with Crippen LogP contribution >= 0.6 is 12.6 Å². The summed E-state index contributed by atoms with van der Waals surface area (Å²) in [7, 11) is 1.26. The summed E-state index contributed by atoms with van der Waals surface area (Å²) in [5.41, 5.74) is 6.23. The Labute approximate surface area is 110 Å². The van der Waals surface area contributed by atoms with Crippen molar-refractivity contribution >= 4 is 24.5 Å². The zero-order valence-electron chi connectivity index (χ0n) is 9.92. The molecule has 0 bridgehead atoms. The van der Waals surface area contributed by atoms with E-state index in [1.165, 1.54) is 13.4 Å². The highest BCUT2D eigenvalue weighted by molar-refractivity contribution is 7.80. The van der Waals surface area contributed by atoms with E-state index in [-0.39, 0.29) is 12.2 Å². The molecule has 1 aromatic rings. The van der Waals surface area contributed by atoms with E-state index in [2.05, 4.69) is 32.7 Å². The van der Waals surface area contributed by atoms with Crippen molar-refractivity contribution in [3.05, 3.63) is 18.2 Å². The molecule has 0 aliphatic rings. The molecule has 0 aliphatic carbocycles. The van der Waals surface area contributed by atoms with Gasteiger partial charge in [0.15, 0.2) is 0 Å². The second-order valence-corrected chi connectivity index (χ2v) is 4.02. The predicted molar refractivity (Wildman–Crippen MR) is 68.1 cm³/mol. The lowest BCUT2D eigenvalue weighted by molar-refractivity contribution is -0.145. The summed E-state index contributed by atoms with van der Waals surface area (Å²) in [4.78, 5) is 29.8. The Hall–Kier alpha value is -1.54. The van der Waals surface area contributed by atoms with E-state index < -0.39 is 24.0 Å². The van der Waals surface area contributed by atoms with Crippen molar-refractivity contribution in [1.82, 2.24) is 15.3 Å². The molecule has 100 valence electrons. The van der Waals surface area contributed by atoms with Crippen molar-refractivity contribution < 1.29 is 14.3 Å². The molecule has 1 heterocycles. The Bertz CT molecular complexity index is 396. The van der Waals surface area contributed by atoms with Gasteiger partial charge in [0, 0.05) is 24.1 Å². The van der Waals surface area contributed by atoms with Gasteiger partial charge >= 0.3 is 5.97 Å². The fourth-order valence-electron chi connectivity index (χ4n) is 1.31. The molecule has 1 amide bonds. The third-order valence-electron chi connectivity index (χ3n) is 2.31. The number of esters is 1. The maximum Gasteiger partial charge on any atom is 0.328 e. The largest absolute Gasteiger partial charge is 0.467 e. The van der Waals surface area contributed by atoms with Crippen molar-refractivity contribution in [2.24, 2.45) is 5.73 Å². The number of hydrogen-bond acceptors (Lipinski definition) is 6. The van der Waals surface area contributed by atoms with Crippen molar-refractivity contribution in [2.75, 3.05) is 12.9 Å². The van der Waals surface area contributed by atoms with Crippen LogP contribution in [0, 0.1) is 0 Å². The maximum atomic E-state index is 11.6. The highest BCUT2D eigenvalue weighted by atomic mass is 32.1. The second kappa shape index (κ2) is 7.02. The summed E-state index contributed by atoms with van der Waals surface area (Å²) in [6.07, 6.45) is 3.32. The minimum atomic E-state index is -0.797. The molecule has 0 aliphatic heterocycles. The molecule has 0 saturated heterocycles. The standard InChI is InChI=1S/C10H16N4O3S/c1-17-10(16)8(2-6-3-12-5-13-6)14-9(15)7(11)4-18/h3,5,7-8,18H,2,4,11H2,1H3,(H,12,13)(H,14,15)/t7-,8+/m0/s1. The van der Waals surface area contributed by atoms with Gasteiger partial charge in [-0.05, 0) is 0 Å². The molecular weight excluding hydrogens is 256 g/mol. The number of imidazole rings is 1. The topological polar surface area (TPSA) is 110 Å². The average Bonchev–Trinajstić information content (AvgIpc) is 2.88. The first-order chi connectivity index (χ1) is 8.58. The molecule has 1 aromatic heterocycles. The summed E-state index contributed by atoms with van der Waals surface area (Å²) in [6.45, 7) is 0. The summed E-state index contributed by atoms with van der Waals surface area (Å²) in [6, 6.07) is -1.56. The van der Waals surface area contributed by atoms with Crippen LogP contribution in [0.1, 0.15) is 5.69 Å². The Balaban J connectivity index is 2.67. The lowest BCUT2D eigenvalue weighted by Gasteiger charge is -2.17. The summed E-state index contributed by atoms with van der Waals surface area (Å²) >= 11 is 3.92. The molecule has 7 nitrogen and oxygen atoms in total. The van der Waals surface area contributed by atoms with Gasteiger partial charge in [0.05, 0.1) is 19.5 Å². The van der Waals surface area contributed by atoms with E-state index in [0.717, 1.165) is 0 Å². The van der Waals surface area contributed by atoms with E-state index in [9.17, 15) is 9.59 Å².